The summed E-state index contributed by atoms with van der Waals surface area (Å²) in [4.78, 5) is 0. The lowest BCUT2D eigenvalue weighted by Crippen LogP contribution is -2.34. The van der Waals surface area contributed by atoms with Crippen molar-refractivity contribution in [2.24, 2.45) is 17.8 Å². The number of hydrogen-bond acceptors (Lipinski definition) is 2. The van der Waals surface area contributed by atoms with Crippen LogP contribution in [0.3, 0.4) is 0 Å². The van der Waals surface area contributed by atoms with Crippen molar-refractivity contribution in [2.45, 2.75) is 52.2 Å². The Kier molecular flexibility index (Phi) is 4.04. The van der Waals surface area contributed by atoms with Gasteiger partial charge in [-0.2, -0.15) is 0 Å². The van der Waals surface area contributed by atoms with Crippen LogP contribution in [0, 0.1) is 17.8 Å². The smallest absolute Gasteiger partial charge is 0.160 e. The maximum atomic E-state index is 5.76. The molecule has 0 amide bonds. The van der Waals surface area contributed by atoms with Gasteiger partial charge in [-0.1, -0.05) is 26.7 Å². The molecule has 0 bridgehead atoms. The van der Waals surface area contributed by atoms with Crippen LogP contribution < -0.4 is 0 Å². The minimum Gasteiger partial charge on any atom is -0.352 e. The summed E-state index contributed by atoms with van der Waals surface area (Å²) >= 11 is 0. The first-order chi connectivity index (χ1) is 7.35. The van der Waals surface area contributed by atoms with Crippen LogP contribution in [-0.2, 0) is 9.47 Å². The minimum atomic E-state index is 0.111. The van der Waals surface area contributed by atoms with Crippen molar-refractivity contribution in [3.05, 3.63) is 0 Å². The number of rotatable bonds is 3. The van der Waals surface area contributed by atoms with E-state index in [0.717, 1.165) is 31.5 Å². The fraction of sp³-hybridized carbons (Fsp3) is 1.00. The third-order valence-electron chi connectivity index (χ3n) is 4.15. The van der Waals surface area contributed by atoms with Gasteiger partial charge in [0.15, 0.2) is 6.29 Å². The Hall–Kier alpha value is -0.0800. The summed E-state index contributed by atoms with van der Waals surface area (Å²) in [5.41, 5.74) is 0. The molecule has 2 aliphatic rings. The molecule has 15 heavy (non-hydrogen) atoms. The predicted octanol–water partition coefficient (Wildman–Crippen LogP) is 3.21. The van der Waals surface area contributed by atoms with Gasteiger partial charge >= 0.3 is 0 Å². The zero-order valence-electron chi connectivity index (χ0n) is 10.1. The van der Waals surface area contributed by atoms with E-state index < -0.39 is 0 Å². The molecule has 0 aromatic carbocycles. The molecule has 0 spiro atoms. The number of ether oxygens (including phenoxy) is 2. The van der Waals surface area contributed by atoms with Crippen molar-refractivity contribution in [3.8, 4) is 0 Å². The Balaban J connectivity index is 1.93. The molecule has 1 heterocycles. The molecule has 1 aliphatic heterocycles. The molecular weight excluding hydrogens is 188 g/mol. The highest BCUT2D eigenvalue weighted by atomic mass is 16.7. The van der Waals surface area contributed by atoms with Crippen LogP contribution in [0.5, 0.6) is 0 Å². The zero-order chi connectivity index (χ0) is 10.7. The molecule has 2 fully saturated rings. The predicted molar refractivity (Wildman–Crippen MR) is 60.6 cm³/mol. The average molecular weight is 212 g/mol. The summed E-state index contributed by atoms with van der Waals surface area (Å²) < 4.78 is 11.5. The second-order valence-corrected chi connectivity index (χ2v) is 5.04. The average Bonchev–Trinajstić information content (AvgIpc) is 2.73. The quantitative estimate of drug-likeness (QED) is 0.715. The van der Waals surface area contributed by atoms with Crippen LogP contribution >= 0.6 is 0 Å². The fourth-order valence-electron chi connectivity index (χ4n) is 3.17. The van der Waals surface area contributed by atoms with Crippen LogP contribution in [0.25, 0.3) is 0 Å². The first-order valence-corrected chi connectivity index (χ1v) is 6.58. The fourth-order valence-corrected chi connectivity index (χ4v) is 3.17. The summed E-state index contributed by atoms with van der Waals surface area (Å²) in [5, 5.41) is 0. The molecule has 3 unspecified atom stereocenters. The van der Waals surface area contributed by atoms with E-state index in [1.165, 1.54) is 25.7 Å². The van der Waals surface area contributed by atoms with E-state index in [2.05, 4.69) is 13.8 Å². The summed E-state index contributed by atoms with van der Waals surface area (Å²) in [6, 6.07) is 0. The van der Waals surface area contributed by atoms with Gasteiger partial charge in [0.1, 0.15) is 0 Å². The lowest BCUT2D eigenvalue weighted by atomic mass is 9.93. The molecule has 3 atom stereocenters. The Bertz CT molecular complexity index is 187. The largest absolute Gasteiger partial charge is 0.352 e. The van der Waals surface area contributed by atoms with Crippen molar-refractivity contribution in [1.82, 2.24) is 0 Å². The summed E-state index contributed by atoms with van der Waals surface area (Å²) in [6.07, 6.45) is 6.49. The van der Waals surface area contributed by atoms with Gasteiger partial charge in [-0.15, -0.1) is 0 Å². The Morgan fingerprint density at radius 2 is 1.73 bits per heavy atom. The third kappa shape index (κ3) is 2.54. The van der Waals surface area contributed by atoms with Gasteiger partial charge in [-0.3, -0.25) is 0 Å². The van der Waals surface area contributed by atoms with E-state index in [0.29, 0.717) is 5.92 Å². The van der Waals surface area contributed by atoms with Crippen molar-refractivity contribution in [3.63, 3.8) is 0 Å². The van der Waals surface area contributed by atoms with Crippen molar-refractivity contribution in [2.75, 3.05) is 13.2 Å². The molecule has 0 N–H and O–H groups in total. The highest BCUT2D eigenvalue weighted by molar-refractivity contribution is 4.84. The van der Waals surface area contributed by atoms with Crippen LogP contribution in [0.2, 0.25) is 0 Å². The molecule has 0 aromatic rings. The van der Waals surface area contributed by atoms with Crippen molar-refractivity contribution in [1.29, 1.82) is 0 Å². The first-order valence-electron chi connectivity index (χ1n) is 6.58. The SMILES string of the molecule is CCC1CC(CC)C(C2OCCCO2)C1. The van der Waals surface area contributed by atoms with Crippen LogP contribution in [0.4, 0.5) is 0 Å². The minimum absolute atomic E-state index is 0.111. The number of hydrogen-bond donors (Lipinski definition) is 0. The van der Waals surface area contributed by atoms with Gasteiger partial charge in [-0.25, -0.2) is 0 Å². The summed E-state index contributed by atoms with van der Waals surface area (Å²) in [5.74, 6) is 2.41. The van der Waals surface area contributed by atoms with Gasteiger partial charge in [0.05, 0.1) is 13.2 Å². The molecule has 2 nitrogen and oxygen atoms in total. The maximum absolute atomic E-state index is 5.76. The normalized spacial score (nSPS) is 38.4. The molecule has 2 rings (SSSR count). The van der Waals surface area contributed by atoms with E-state index in [-0.39, 0.29) is 6.29 Å². The second kappa shape index (κ2) is 5.31. The van der Waals surface area contributed by atoms with Crippen molar-refractivity contribution >= 4 is 0 Å². The van der Waals surface area contributed by atoms with E-state index in [9.17, 15) is 0 Å². The highest BCUT2D eigenvalue weighted by Crippen LogP contribution is 2.43. The zero-order valence-corrected chi connectivity index (χ0v) is 10.1. The molecule has 88 valence electrons. The van der Waals surface area contributed by atoms with E-state index in [4.69, 9.17) is 9.47 Å². The first kappa shape index (κ1) is 11.4. The Labute approximate surface area is 93.3 Å². The van der Waals surface area contributed by atoms with Crippen molar-refractivity contribution < 1.29 is 9.47 Å². The summed E-state index contributed by atoms with van der Waals surface area (Å²) in [7, 11) is 0. The van der Waals surface area contributed by atoms with Crippen LogP contribution in [-0.4, -0.2) is 19.5 Å². The van der Waals surface area contributed by atoms with E-state index in [1.807, 2.05) is 0 Å². The Morgan fingerprint density at radius 3 is 2.33 bits per heavy atom. The molecule has 1 saturated heterocycles. The van der Waals surface area contributed by atoms with E-state index in [1.54, 1.807) is 0 Å². The standard InChI is InChI=1S/C13H24O2/c1-3-10-8-11(4-2)12(9-10)13-14-6-5-7-15-13/h10-13H,3-9H2,1-2H3. The molecule has 1 aliphatic carbocycles. The summed E-state index contributed by atoms with van der Waals surface area (Å²) in [6.45, 7) is 6.41. The van der Waals surface area contributed by atoms with Gasteiger partial charge in [0, 0.05) is 5.92 Å². The van der Waals surface area contributed by atoms with Crippen LogP contribution in [0.15, 0.2) is 0 Å². The molecular formula is C13H24O2. The molecule has 0 aromatic heterocycles. The lowest BCUT2D eigenvalue weighted by molar-refractivity contribution is -0.210. The van der Waals surface area contributed by atoms with Gasteiger partial charge in [0.25, 0.3) is 0 Å². The van der Waals surface area contributed by atoms with Gasteiger partial charge in [0.2, 0.25) is 0 Å². The molecule has 1 saturated carbocycles. The molecule has 2 heteroatoms. The highest BCUT2D eigenvalue weighted by Gasteiger charge is 2.39. The molecule has 0 radical (unpaired) electrons. The van der Waals surface area contributed by atoms with Crippen LogP contribution in [0.1, 0.15) is 46.0 Å². The topological polar surface area (TPSA) is 18.5 Å². The monoisotopic (exact) mass is 212 g/mol. The van der Waals surface area contributed by atoms with E-state index >= 15 is 0 Å². The van der Waals surface area contributed by atoms with Gasteiger partial charge in [-0.05, 0) is 31.1 Å². The third-order valence-corrected chi connectivity index (χ3v) is 4.15. The second-order valence-electron chi connectivity index (χ2n) is 5.04. The van der Waals surface area contributed by atoms with Gasteiger partial charge < -0.3 is 9.47 Å². The Morgan fingerprint density at radius 1 is 1.00 bits per heavy atom. The lowest BCUT2D eigenvalue weighted by Gasteiger charge is -2.31. The maximum Gasteiger partial charge on any atom is 0.160 e.